The molecule has 0 spiro atoms. The molecule has 0 saturated carbocycles. The number of hydrogen-bond donors (Lipinski definition) is 2. The van der Waals surface area contributed by atoms with E-state index in [-0.39, 0.29) is 12.2 Å². The number of likely N-dealkylation sites (N-methyl/N-ethyl adjacent to an activating group) is 1. The molecular formula is C12H26N2O2. The number of aliphatic hydroxyl groups is 2. The molecule has 0 aromatic rings. The Morgan fingerprint density at radius 2 is 1.44 bits per heavy atom. The maximum atomic E-state index is 9.04. The van der Waals surface area contributed by atoms with E-state index in [1.54, 1.807) is 0 Å². The van der Waals surface area contributed by atoms with Crippen molar-refractivity contribution in [2.75, 3.05) is 40.3 Å². The van der Waals surface area contributed by atoms with Crippen LogP contribution in [0.25, 0.3) is 0 Å². The van der Waals surface area contributed by atoms with Crippen molar-refractivity contribution < 1.29 is 10.2 Å². The molecule has 16 heavy (non-hydrogen) atoms. The van der Waals surface area contributed by atoms with Gasteiger partial charge in [0.05, 0.1) is 12.2 Å². The molecule has 2 N–H and O–H groups in total. The fraction of sp³-hybridized carbons (Fsp3) is 1.00. The van der Waals surface area contributed by atoms with E-state index in [4.69, 9.17) is 10.2 Å². The third-order valence-corrected chi connectivity index (χ3v) is 3.29. The van der Waals surface area contributed by atoms with E-state index in [2.05, 4.69) is 16.8 Å². The Bertz CT molecular complexity index is 164. The number of aliphatic hydroxyl groups excluding tert-OH is 2. The second-order valence-electron chi connectivity index (χ2n) is 5.09. The molecular weight excluding hydrogens is 204 g/mol. The topological polar surface area (TPSA) is 46.9 Å². The lowest BCUT2D eigenvalue weighted by atomic mass is 10.1. The van der Waals surface area contributed by atoms with Gasteiger partial charge >= 0.3 is 0 Å². The SMILES string of the molecule is CN1CCC(O)CC1.CN1CCCC(O)C1. The minimum Gasteiger partial charge on any atom is -0.393 e. The van der Waals surface area contributed by atoms with Crippen molar-refractivity contribution in [1.29, 1.82) is 0 Å². The summed E-state index contributed by atoms with van der Waals surface area (Å²) in [7, 11) is 4.13. The first-order chi connectivity index (χ1) is 7.58. The summed E-state index contributed by atoms with van der Waals surface area (Å²) in [5.74, 6) is 0. The largest absolute Gasteiger partial charge is 0.393 e. The third-order valence-electron chi connectivity index (χ3n) is 3.29. The number of likely N-dealkylation sites (tertiary alicyclic amines) is 2. The quantitative estimate of drug-likeness (QED) is 0.622. The van der Waals surface area contributed by atoms with Gasteiger partial charge in [-0.05, 0) is 46.3 Å². The van der Waals surface area contributed by atoms with E-state index in [0.29, 0.717) is 0 Å². The van der Waals surface area contributed by atoms with E-state index in [1.165, 1.54) is 0 Å². The predicted molar refractivity (Wildman–Crippen MR) is 65.5 cm³/mol. The second-order valence-corrected chi connectivity index (χ2v) is 5.09. The van der Waals surface area contributed by atoms with Crippen molar-refractivity contribution in [2.24, 2.45) is 0 Å². The Balaban J connectivity index is 0.000000160. The monoisotopic (exact) mass is 230 g/mol. The molecule has 2 heterocycles. The maximum absolute atomic E-state index is 9.04. The van der Waals surface area contributed by atoms with Crippen LogP contribution in [0, 0.1) is 0 Å². The Kier molecular flexibility index (Phi) is 6.28. The molecule has 0 aliphatic carbocycles. The fourth-order valence-corrected chi connectivity index (χ4v) is 2.13. The van der Waals surface area contributed by atoms with E-state index in [1.807, 2.05) is 7.05 Å². The van der Waals surface area contributed by atoms with E-state index in [9.17, 15) is 0 Å². The van der Waals surface area contributed by atoms with E-state index in [0.717, 1.165) is 51.9 Å². The molecule has 4 nitrogen and oxygen atoms in total. The average Bonchev–Trinajstić information content (AvgIpc) is 2.23. The van der Waals surface area contributed by atoms with Gasteiger partial charge in [-0.25, -0.2) is 0 Å². The van der Waals surface area contributed by atoms with Gasteiger partial charge in [0.25, 0.3) is 0 Å². The summed E-state index contributed by atoms with van der Waals surface area (Å²) in [6.45, 7) is 4.12. The number of β-amino-alcohol motifs (C(OH)–C–C–N with tert-alkyl or cyclic N) is 1. The van der Waals surface area contributed by atoms with Crippen LogP contribution in [0.1, 0.15) is 25.7 Å². The molecule has 0 amide bonds. The minimum atomic E-state index is -0.0613. The van der Waals surface area contributed by atoms with Gasteiger partial charge < -0.3 is 20.0 Å². The van der Waals surface area contributed by atoms with E-state index >= 15 is 0 Å². The van der Waals surface area contributed by atoms with Gasteiger partial charge in [0.2, 0.25) is 0 Å². The first-order valence-corrected chi connectivity index (χ1v) is 6.31. The van der Waals surface area contributed by atoms with Gasteiger partial charge in [0, 0.05) is 19.6 Å². The zero-order chi connectivity index (χ0) is 12.0. The highest BCUT2D eigenvalue weighted by molar-refractivity contribution is 4.68. The minimum absolute atomic E-state index is 0.0220. The Hall–Kier alpha value is -0.160. The van der Waals surface area contributed by atoms with Crippen molar-refractivity contribution in [3.8, 4) is 0 Å². The Morgan fingerprint density at radius 3 is 1.81 bits per heavy atom. The normalized spacial score (nSPS) is 29.6. The lowest BCUT2D eigenvalue weighted by Crippen LogP contribution is -2.34. The van der Waals surface area contributed by atoms with Crippen LogP contribution in [0.4, 0.5) is 0 Å². The summed E-state index contributed by atoms with van der Waals surface area (Å²) in [5, 5.41) is 18.0. The number of nitrogens with zero attached hydrogens (tertiary/aromatic N) is 2. The molecule has 1 unspecified atom stereocenters. The van der Waals surface area contributed by atoms with Gasteiger partial charge in [-0.15, -0.1) is 0 Å². The summed E-state index contributed by atoms with van der Waals surface area (Å²) in [5.41, 5.74) is 0. The molecule has 1 atom stereocenters. The second kappa shape index (κ2) is 7.22. The van der Waals surface area contributed by atoms with Crippen LogP contribution in [0.5, 0.6) is 0 Å². The Labute approximate surface area is 98.9 Å². The number of hydrogen-bond acceptors (Lipinski definition) is 4. The number of piperidine rings is 2. The molecule has 4 heteroatoms. The Morgan fingerprint density at radius 1 is 0.812 bits per heavy atom. The maximum Gasteiger partial charge on any atom is 0.0667 e. The average molecular weight is 230 g/mol. The first-order valence-electron chi connectivity index (χ1n) is 6.31. The van der Waals surface area contributed by atoms with Gasteiger partial charge in [-0.1, -0.05) is 0 Å². The van der Waals surface area contributed by atoms with Crippen molar-refractivity contribution in [3.05, 3.63) is 0 Å². The lowest BCUT2D eigenvalue weighted by Gasteiger charge is -2.25. The predicted octanol–water partition coefficient (Wildman–Crippen LogP) is 0.146. The summed E-state index contributed by atoms with van der Waals surface area (Å²) in [6.07, 6.45) is 3.97. The van der Waals surface area contributed by atoms with Crippen molar-refractivity contribution >= 4 is 0 Å². The molecule has 0 bridgehead atoms. The smallest absolute Gasteiger partial charge is 0.0667 e. The highest BCUT2D eigenvalue weighted by atomic mass is 16.3. The first kappa shape index (κ1) is 13.9. The zero-order valence-corrected chi connectivity index (χ0v) is 10.6. The van der Waals surface area contributed by atoms with Gasteiger partial charge in [0.1, 0.15) is 0 Å². The molecule has 2 aliphatic rings. The van der Waals surface area contributed by atoms with Crippen LogP contribution >= 0.6 is 0 Å². The van der Waals surface area contributed by atoms with Crippen LogP contribution in [0.15, 0.2) is 0 Å². The van der Waals surface area contributed by atoms with Crippen molar-refractivity contribution in [2.45, 2.75) is 37.9 Å². The summed E-state index contributed by atoms with van der Waals surface area (Å²) in [6, 6.07) is 0. The fourth-order valence-electron chi connectivity index (χ4n) is 2.13. The van der Waals surface area contributed by atoms with E-state index < -0.39 is 0 Å². The molecule has 2 saturated heterocycles. The van der Waals surface area contributed by atoms with Gasteiger partial charge in [-0.3, -0.25) is 0 Å². The van der Waals surface area contributed by atoms with Crippen LogP contribution in [-0.2, 0) is 0 Å². The summed E-state index contributed by atoms with van der Waals surface area (Å²) >= 11 is 0. The van der Waals surface area contributed by atoms with Crippen LogP contribution in [-0.4, -0.2) is 72.5 Å². The molecule has 96 valence electrons. The molecule has 2 fully saturated rings. The van der Waals surface area contributed by atoms with Crippen LogP contribution < -0.4 is 0 Å². The van der Waals surface area contributed by atoms with Gasteiger partial charge in [-0.2, -0.15) is 0 Å². The highest BCUT2D eigenvalue weighted by Gasteiger charge is 2.13. The molecule has 2 rings (SSSR count). The summed E-state index contributed by atoms with van der Waals surface area (Å²) < 4.78 is 0. The lowest BCUT2D eigenvalue weighted by molar-refractivity contribution is 0.0846. The summed E-state index contributed by atoms with van der Waals surface area (Å²) in [4.78, 5) is 4.40. The van der Waals surface area contributed by atoms with Crippen molar-refractivity contribution in [3.63, 3.8) is 0 Å². The van der Waals surface area contributed by atoms with Crippen LogP contribution in [0.3, 0.4) is 0 Å². The zero-order valence-electron chi connectivity index (χ0n) is 10.6. The van der Waals surface area contributed by atoms with Gasteiger partial charge in [0.15, 0.2) is 0 Å². The highest BCUT2D eigenvalue weighted by Crippen LogP contribution is 2.06. The van der Waals surface area contributed by atoms with Crippen LogP contribution in [0.2, 0.25) is 0 Å². The standard InChI is InChI=1S/2C6H13NO/c1-7-4-2-6(8)3-5-7;1-7-4-2-3-6(8)5-7/h2*6,8H,2-5H2,1H3. The molecule has 0 radical (unpaired) electrons. The molecule has 0 aromatic heterocycles. The van der Waals surface area contributed by atoms with Crippen molar-refractivity contribution in [1.82, 2.24) is 9.80 Å². The number of rotatable bonds is 0. The molecule has 0 aromatic carbocycles. The molecule has 2 aliphatic heterocycles. The third kappa shape index (κ3) is 5.80.